The molecular weight excluding hydrogens is 304 g/mol. The van der Waals surface area contributed by atoms with Gasteiger partial charge in [0.2, 0.25) is 0 Å². The van der Waals surface area contributed by atoms with Crippen molar-refractivity contribution in [1.29, 1.82) is 0 Å². The lowest BCUT2D eigenvalue weighted by atomic mass is 10.2. The third-order valence-electron chi connectivity index (χ3n) is 4.24. The Morgan fingerprint density at radius 1 is 0.917 bits per heavy atom. The van der Waals surface area contributed by atoms with Crippen LogP contribution in [-0.4, -0.2) is 37.3 Å². The maximum Gasteiger partial charge on any atom is 0.162 e. The van der Waals surface area contributed by atoms with Gasteiger partial charge in [-0.05, 0) is 25.0 Å². The fourth-order valence-electron chi connectivity index (χ4n) is 2.95. The molecule has 0 aliphatic carbocycles. The molecule has 24 heavy (non-hydrogen) atoms. The third kappa shape index (κ3) is 3.88. The quantitative estimate of drug-likeness (QED) is 0.904. The van der Waals surface area contributed by atoms with Crippen molar-refractivity contribution in [2.75, 3.05) is 37.5 Å². The summed E-state index contributed by atoms with van der Waals surface area (Å²) in [5.74, 6) is 3.15. The number of aromatic nitrogens is 2. The average molecular weight is 328 g/mol. The fourth-order valence-corrected chi connectivity index (χ4v) is 2.95. The summed E-state index contributed by atoms with van der Waals surface area (Å²) in [7, 11) is 3.26. The molecule has 1 fully saturated rings. The zero-order valence-corrected chi connectivity index (χ0v) is 14.3. The van der Waals surface area contributed by atoms with E-state index in [4.69, 9.17) is 9.47 Å². The highest BCUT2D eigenvalue weighted by atomic mass is 16.5. The Labute approximate surface area is 142 Å². The summed E-state index contributed by atoms with van der Waals surface area (Å²) in [5, 5.41) is 3.31. The Balaban J connectivity index is 1.77. The molecule has 1 aliphatic rings. The maximum absolute atomic E-state index is 5.34. The van der Waals surface area contributed by atoms with Gasteiger partial charge in [-0.25, -0.2) is 9.97 Å². The molecule has 0 amide bonds. The van der Waals surface area contributed by atoms with Gasteiger partial charge in [0.05, 0.1) is 14.2 Å². The van der Waals surface area contributed by atoms with Crippen LogP contribution in [0.4, 0.5) is 17.3 Å². The summed E-state index contributed by atoms with van der Waals surface area (Å²) >= 11 is 0. The molecule has 0 radical (unpaired) electrons. The van der Waals surface area contributed by atoms with Crippen molar-refractivity contribution in [3.63, 3.8) is 0 Å². The lowest BCUT2D eigenvalue weighted by Gasteiger charge is -2.21. The van der Waals surface area contributed by atoms with E-state index >= 15 is 0 Å². The Morgan fingerprint density at radius 3 is 2.38 bits per heavy atom. The second kappa shape index (κ2) is 7.86. The van der Waals surface area contributed by atoms with Gasteiger partial charge in [0.1, 0.15) is 18.0 Å². The van der Waals surface area contributed by atoms with Crippen LogP contribution in [0.3, 0.4) is 0 Å². The molecule has 0 spiro atoms. The number of nitrogens with zero attached hydrogens (tertiary/aromatic N) is 3. The second-order valence-corrected chi connectivity index (χ2v) is 5.86. The van der Waals surface area contributed by atoms with Crippen LogP contribution >= 0.6 is 0 Å². The maximum atomic E-state index is 5.34. The van der Waals surface area contributed by atoms with Crippen LogP contribution in [0.2, 0.25) is 0 Å². The van der Waals surface area contributed by atoms with E-state index in [2.05, 4.69) is 20.2 Å². The SMILES string of the molecule is COc1ccc(Nc2cc(N3CCCCCC3)ncn2)cc1OC. The van der Waals surface area contributed by atoms with Crippen molar-refractivity contribution in [2.45, 2.75) is 25.7 Å². The van der Waals surface area contributed by atoms with Crippen LogP contribution < -0.4 is 19.7 Å². The van der Waals surface area contributed by atoms with Crippen molar-refractivity contribution < 1.29 is 9.47 Å². The molecule has 2 aromatic rings. The van der Waals surface area contributed by atoms with Crippen molar-refractivity contribution in [1.82, 2.24) is 9.97 Å². The molecule has 6 heteroatoms. The molecule has 1 N–H and O–H groups in total. The van der Waals surface area contributed by atoms with Crippen LogP contribution in [0.1, 0.15) is 25.7 Å². The monoisotopic (exact) mass is 328 g/mol. The predicted molar refractivity (Wildman–Crippen MR) is 95.5 cm³/mol. The molecule has 0 atom stereocenters. The summed E-state index contributed by atoms with van der Waals surface area (Å²) in [4.78, 5) is 11.1. The molecule has 0 bridgehead atoms. The van der Waals surface area contributed by atoms with Crippen molar-refractivity contribution in [3.8, 4) is 11.5 Å². The summed E-state index contributed by atoms with van der Waals surface area (Å²) in [6, 6.07) is 7.71. The standard InChI is InChI=1S/C18H24N4O2/c1-23-15-8-7-14(11-16(15)24-2)21-17-12-18(20-13-19-17)22-9-5-3-4-6-10-22/h7-8,11-13H,3-6,9-10H2,1-2H3,(H,19,20,21). The van der Waals surface area contributed by atoms with Gasteiger partial charge in [-0.1, -0.05) is 12.8 Å². The molecule has 128 valence electrons. The first-order valence-electron chi connectivity index (χ1n) is 8.36. The molecule has 3 rings (SSSR count). The topological polar surface area (TPSA) is 59.5 Å². The van der Waals surface area contributed by atoms with Crippen LogP contribution in [-0.2, 0) is 0 Å². The summed E-state index contributed by atoms with van der Waals surface area (Å²) in [6.45, 7) is 2.12. The molecule has 0 saturated carbocycles. The van der Waals surface area contributed by atoms with Gasteiger partial charge in [0.25, 0.3) is 0 Å². The Morgan fingerprint density at radius 2 is 1.67 bits per heavy atom. The van der Waals surface area contributed by atoms with E-state index in [1.807, 2.05) is 24.3 Å². The summed E-state index contributed by atoms with van der Waals surface area (Å²) in [6.07, 6.45) is 6.67. The van der Waals surface area contributed by atoms with E-state index in [0.29, 0.717) is 11.5 Å². The first kappa shape index (κ1) is 16.4. The molecule has 1 aliphatic heterocycles. The van der Waals surface area contributed by atoms with Gasteiger partial charge in [0.15, 0.2) is 11.5 Å². The first-order valence-corrected chi connectivity index (χ1v) is 8.36. The number of anilines is 3. The smallest absolute Gasteiger partial charge is 0.162 e. The minimum Gasteiger partial charge on any atom is -0.493 e. The van der Waals surface area contributed by atoms with Gasteiger partial charge < -0.3 is 19.7 Å². The number of benzene rings is 1. The molecular formula is C18H24N4O2. The van der Waals surface area contributed by atoms with E-state index in [1.165, 1.54) is 25.7 Å². The van der Waals surface area contributed by atoms with Gasteiger partial charge in [-0.3, -0.25) is 0 Å². The lowest BCUT2D eigenvalue weighted by molar-refractivity contribution is 0.355. The number of rotatable bonds is 5. The molecule has 6 nitrogen and oxygen atoms in total. The lowest BCUT2D eigenvalue weighted by Crippen LogP contribution is -2.25. The Hall–Kier alpha value is -2.50. The van der Waals surface area contributed by atoms with Gasteiger partial charge in [-0.2, -0.15) is 0 Å². The summed E-state index contributed by atoms with van der Waals surface area (Å²) < 4.78 is 10.6. The largest absolute Gasteiger partial charge is 0.493 e. The van der Waals surface area contributed by atoms with Crippen molar-refractivity contribution in [3.05, 3.63) is 30.6 Å². The van der Waals surface area contributed by atoms with E-state index in [9.17, 15) is 0 Å². The second-order valence-electron chi connectivity index (χ2n) is 5.86. The highest BCUT2D eigenvalue weighted by molar-refractivity contribution is 5.63. The first-order chi connectivity index (χ1) is 11.8. The van der Waals surface area contributed by atoms with E-state index < -0.39 is 0 Å². The minimum atomic E-state index is 0.685. The van der Waals surface area contributed by atoms with Gasteiger partial charge >= 0.3 is 0 Å². The van der Waals surface area contributed by atoms with Crippen LogP contribution in [0, 0.1) is 0 Å². The number of hydrogen-bond donors (Lipinski definition) is 1. The Kier molecular flexibility index (Phi) is 5.36. The molecule has 2 heterocycles. The number of hydrogen-bond acceptors (Lipinski definition) is 6. The summed E-state index contributed by atoms with van der Waals surface area (Å²) in [5.41, 5.74) is 0.896. The zero-order chi connectivity index (χ0) is 16.8. The highest BCUT2D eigenvalue weighted by Gasteiger charge is 2.12. The van der Waals surface area contributed by atoms with Gasteiger partial charge in [-0.15, -0.1) is 0 Å². The average Bonchev–Trinajstić information content (AvgIpc) is 2.91. The number of methoxy groups -OCH3 is 2. The fraction of sp³-hybridized carbons (Fsp3) is 0.444. The normalized spacial score (nSPS) is 14.8. The number of ether oxygens (including phenoxy) is 2. The van der Waals surface area contributed by atoms with E-state index in [1.54, 1.807) is 20.5 Å². The molecule has 0 unspecified atom stereocenters. The minimum absolute atomic E-state index is 0.685. The van der Waals surface area contributed by atoms with Gasteiger partial charge in [0, 0.05) is 30.9 Å². The predicted octanol–water partition coefficient (Wildman–Crippen LogP) is 3.62. The van der Waals surface area contributed by atoms with Crippen LogP contribution in [0.25, 0.3) is 0 Å². The van der Waals surface area contributed by atoms with Crippen molar-refractivity contribution in [2.24, 2.45) is 0 Å². The number of nitrogens with one attached hydrogen (secondary N) is 1. The third-order valence-corrected chi connectivity index (χ3v) is 4.24. The van der Waals surface area contributed by atoms with Crippen LogP contribution in [0.5, 0.6) is 11.5 Å². The molecule has 1 saturated heterocycles. The molecule has 1 aromatic heterocycles. The van der Waals surface area contributed by atoms with Crippen LogP contribution in [0.15, 0.2) is 30.6 Å². The highest BCUT2D eigenvalue weighted by Crippen LogP contribution is 2.31. The Bertz CT molecular complexity index is 670. The molecule has 1 aromatic carbocycles. The zero-order valence-electron chi connectivity index (χ0n) is 14.3. The van der Waals surface area contributed by atoms with Crippen molar-refractivity contribution >= 4 is 17.3 Å². The van der Waals surface area contributed by atoms with E-state index in [0.717, 1.165) is 30.4 Å². The van der Waals surface area contributed by atoms with E-state index in [-0.39, 0.29) is 0 Å².